The summed E-state index contributed by atoms with van der Waals surface area (Å²) in [6.07, 6.45) is 1.12. The Morgan fingerprint density at radius 2 is 1.66 bits per heavy atom. The number of anilines is 2. The Morgan fingerprint density at radius 3 is 2.24 bits per heavy atom. The molecule has 0 spiro atoms. The Kier molecular flexibility index (Phi) is 6.12. The van der Waals surface area contributed by atoms with E-state index in [0.29, 0.717) is 31.9 Å². The minimum atomic E-state index is -3.61. The zero-order chi connectivity index (χ0) is 21.2. The highest BCUT2D eigenvalue weighted by molar-refractivity contribution is 7.92. The fourth-order valence-corrected chi connectivity index (χ4v) is 4.36. The van der Waals surface area contributed by atoms with Crippen molar-refractivity contribution in [3.05, 3.63) is 59.4 Å². The molecular formula is C21H26FN3O3S. The summed E-state index contributed by atoms with van der Waals surface area (Å²) in [5.74, 6) is -0.509. The van der Waals surface area contributed by atoms with Crippen molar-refractivity contribution in [2.75, 3.05) is 48.2 Å². The molecule has 0 saturated carbocycles. The summed E-state index contributed by atoms with van der Waals surface area (Å²) in [5, 5.41) is 0. The molecule has 2 aromatic carbocycles. The lowest BCUT2D eigenvalue weighted by Crippen LogP contribution is -2.52. The number of carbonyl (C=O) groups is 1. The molecule has 1 aliphatic heterocycles. The van der Waals surface area contributed by atoms with Crippen LogP contribution in [0.5, 0.6) is 0 Å². The SMILES string of the molecule is Cc1ccc(C)c(N(CC(=O)N2CCN(c3ccc(F)cc3)CC2)S(C)(=O)=O)c1. The van der Waals surface area contributed by atoms with Crippen LogP contribution in [0, 0.1) is 19.7 Å². The summed E-state index contributed by atoms with van der Waals surface area (Å²) in [4.78, 5) is 16.6. The molecule has 6 nitrogen and oxygen atoms in total. The first kappa shape index (κ1) is 21.1. The molecule has 0 unspecified atom stereocenters. The average molecular weight is 420 g/mol. The second kappa shape index (κ2) is 8.41. The summed E-state index contributed by atoms with van der Waals surface area (Å²) >= 11 is 0. The Morgan fingerprint density at radius 1 is 1.03 bits per heavy atom. The fourth-order valence-electron chi connectivity index (χ4n) is 3.46. The molecule has 0 atom stereocenters. The Hall–Kier alpha value is -2.61. The van der Waals surface area contributed by atoms with Gasteiger partial charge in [0.15, 0.2) is 0 Å². The van der Waals surface area contributed by atoms with Gasteiger partial charge in [-0.25, -0.2) is 12.8 Å². The monoisotopic (exact) mass is 419 g/mol. The van der Waals surface area contributed by atoms with Crippen LogP contribution in [0.1, 0.15) is 11.1 Å². The molecule has 1 heterocycles. The lowest BCUT2D eigenvalue weighted by Gasteiger charge is -2.37. The van der Waals surface area contributed by atoms with Gasteiger partial charge in [0.2, 0.25) is 15.9 Å². The van der Waals surface area contributed by atoms with Gasteiger partial charge in [0.1, 0.15) is 12.4 Å². The molecule has 1 amide bonds. The first-order valence-corrected chi connectivity index (χ1v) is 11.3. The Bertz CT molecular complexity index is 985. The number of piperazine rings is 1. The maximum Gasteiger partial charge on any atom is 0.243 e. The number of aryl methyl sites for hydroxylation is 2. The van der Waals surface area contributed by atoms with E-state index >= 15 is 0 Å². The molecule has 0 bridgehead atoms. The molecule has 0 aromatic heterocycles. The molecule has 156 valence electrons. The molecule has 0 radical (unpaired) electrons. The van der Waals surface area contributed by atoms with E-state index in [4.69, 9.17) is 0 Å². The van der Waals surface area contributed by atoms with E-state index in [9.17, 15) is 17.6 Å². The van der Waals surface area contributed by atoms with Crippen molar-refractivity contribution in [2.24, 2.45) is 0 Å². The van der Waals surface area contributed by atoms with Crippen LogP contribution in [0.2, 0.25) is 0 Å². The quantitative estimate of drug-likeness (QED) is 0.747. The average Bonchev–Trinajstić information content (AvgIpc) is 2.68. The van der Waals surface area contributed by atoms with Gasteiger partial charge in [-0.2, -0.15) is 0 Å². The Balaban J connectivity index is 1.69. The maximum absolute atomic E-state index is 13.1. The third kappa shape index (κ3) is 5.06. The van der Waals surface area contributed by atoms with E-state index in [-0.39, 0.29) is 18.3 Å². The second-order valence-electron chi connectivity index (χ2n) is 7.40. The van der Waals surface area contributed by atoms with Crippen LogP contribution < -0.4 is 9.21 Å². The molecule has 8 heteroatoms. The van der Waals surface area contributed by atoms with Crippen LogP contribution in [0.15, 0.2) is 42.5 Å². The van der Waals surface area contributed by atoms with E-state index in [0.717, 1.165) is 23.1 Å². The molecular weight excluding hydrogens is 393 g/mol. The largest absolute Gasteiger partial charge is 0.368 e. The molecule has 1 saturated heterocycles. The van der Waals surface area contributed by atoms with Crippen LogP contribution >= 0.6 is 0 Å². The van der Waals surface area contributed by atoms with E-state index in [1.165, 1.54) is 16.4 Å². The van der Waals surface area contributed by atoms with Crippen molar-refractivity contribution < 1.29 is 17.6 Å². The summed E-state index contributed by atoms with van der Waals surface area (Å²) < 4.78 is 39.1. The fraction of sp³-hybridized carbons (Fsp3) is 0.381. The van der Waals surface area contributed by atoms with Crippen molar-refractivity contribution in [2.45, 2.75) is 13.8 Å². The summed E-state index contributed by atoms with van der Waals surface area (Å²) in [6.45, 7) is 5.69. The van der Waals surface area contributed by atoms with Crippen molar-refractivity contribution in [3.8, 4) is 0 Å². The van der Waals surface area contributed by atoms with Crippen molar-refractivity contribution in [3.63, 3.8) is 0 Å². The molecule has 3 rings (SSSR count). The summed E-state index contributed by atoms with van der Waals surface area (Å²) in [5.41, 5.74) is 3.17. The molecule has 1 aliphatic rings. The van der Waals surface area contributed by atoms with Crippen LogP contribution in [-0.2, 0) is 14.8 Å². The number of halogens is 1. The van der Waals surface area contributed by atoms with Gasteiger partial charge in [0.25, 0.3) is 0 Å². The highest BCUT2D eigenvalue weighted by atomic mass is 32.2. The molecule has 2 aromatic rings. The number of rotatable bonds is 5. The first-order chi connectivity index (χ1) is 13.6. The number of carbonyl (C=O) groups excluding carboxylic acids is 1. The van der Waals surface area contributed by atoms with Gasteiger partial charge in [-0.1, -0.05) is 12.1 Å². The van der Waals surface area contributed by atoms with Crippen molar-refractivity contribution in [1.29, 1.82) is 0 Å². The van der Waals surface area contributed by atoms with Crippen LogP contribution in [0.3, 0.4) is 0 Å². The van der Waals surface area contributed by atoms with E-state index in [2.05, 4.69) is 4.90 Å². The third-order valence-corrected chi connectivity index (χ3v) is 6.26. The highest BCUT2D eigenvalue weighted by Crippen LogP contribution is 2.24. The smallest absolute Gasteiger partial charge is 0.243 e. The lowest BCUT2D eigenvalue weighted by atomic mass is 10.1. The van der Waals surface area contributed by atoms with E-state index < -0.39 is 10.0 Å². The van der Waals surface area contributed by atoms with Crippen LogP contribution in [0.25, 0.3) is 0 Å². The summed E-state index contributed by atoms with van der Waals surface area (Å²) in [7, 11) is -3.61. The summed E-state index contributed by atoms with van der Waals surface area (Å²) in [6, 6.07) is 11.8. The zero-order valence-corrected chi connectivity index (χ0v) is 17.7. The molecule has 1 fully saturated rings. The minimum absolute atomic E-state index is 0.223. The van der Waals surface area contributed by atoms with Gasteiger partial charge in [-0.3, -0.25) is 9.10 Å². The number of amides is 1. The van der Waals surface area contributed by atoms with Gasteiger partial charge in [-0.15, -0.1) is 0 Å². The van der Waals surface area contributed by atoms with Gasteiger partial charge in [0.05, 0.1) is 11.9 Å². The van der Waals surface area contributed by atoms with Crippen LogP contribution in [-0.4, -0.2) is 58.2 Å². The Labute approximate surface area is 171 Å². The molecule has 0 aliphatic carbocycles. The second-order valence-corrected chi connectivity index (χ2v) is 9.31. The lowest BCUT2D eigenvalue weighted by molar-refractivity contribution is -0.129. The third-order valence-electron chi connectivity index (χ3n) is 5.14. The van der Waals surface area contributed by atoms with E-state index in [1.54, 1.807) is 23.1 Å². The maximum atomic E-state index is 13.1. The van der Waals surface area contributed by atoms with E-state index in [1.807, 2.05) is 26.0 Å². The first-order valence-electron chi connectivity index (χ1n) is 9.48. The molecule has 29 heavy (non-hydrogen) atoms. The van der Waals surface area contributed by atoms with Crippen molar-refractivity contribution >= 4 is 27.3 Å². The number of hydrogen-bond acceptors (Lipinski definition) is 4. The topological polar surface area (TPSA) is 60.9 Å². The standard InChI is InChI=1S/C21H26FN3O3S/c1-16-4-5-17(2)20(14-16)25(29(3,27)28)15-21(26)24-12-10-23(11-13-24)19-8-6-18(22)7-9-19/h4-9,14H,10-13,15H2,1-3H3. The van der Waals surface area contributed by atoms with Crippen LogP contribution in [0.4, 0.5) is 15.8 Å². The number of nitrogens with zero attached hydrogens (tertiary/aromatic N) is 3. The number of hydrogen-bond donors (Lipinski definition) is 0. The molecule has 0 N–H and O–H groups in total. The normalized spacial score (nSPS) is 14.8. The highest BCUT2D eigenvalue weighted by Gasteiger charge is 2.27. The predicted molar refractivity (Wildman–Crippen MR) is 113 cm³/mol. The van der Waals surface area contributed by atoms with Gasteiger partial charge < -0.3 is 9.80 Å². The van der Waals surface area contributed by atoms with Gasteiger partial charge in [-0.05, 0) is 55.3 Å². The van der Waals surface area contributed by atoms with Gasteiger partial charge >= 0.3 is 0 Å². The number of benzene rings is 2. The van der Waals surface area contributed by atoms with Crippen molar-refractivity contribution in [1.82, 2.24) is 4.90 Å². The van der Waals surface area contributed by atoms with Gasteiger partial charge in [0, 0.05) is 31.9 Å². The predicted octanol–water partition coefficient (Wildman–Crippen LogP) is 2.56. The minimum Gasteiger partial charge on any atom is -0.368 e. The number of sulfonamides is 1. The zero-order valence-electron chi connectivity index (χ0n) is 16.9.